The number of likely N-dealkylation sites (tertiary alicyclic amines) is 1. The number of nitrogens with zero attached hydrogens (tertiary/aromatic N) is 5. The molecule has 2 atom stereocenters. The number of hydrogen-bond donors (Lipinski definition) is 1. The van der Waals surface area contributed by atoms with Crippen LogP contribution in [0.5, 0.6) is 0 Å². The number of ether oxygens (including phenoxy) is 1. The van der Waals surface area contributed by atoms with Crippen molar-refractivity contribution in [2.24, 2.45) is 0 Å². The zero-order valence-corrected chi connectivity index (χ0v) is 14.7. The van der Waals surface area contributed by atoms with Gasteiger partial charge in [-0.15, -0.1) is 0 Å². The topological polar surface area (TPSA) is 79.8 Å². The fraction of sp³-hybridized carbons (Fsp3) is 0.444. The van der Waals surface area contributed by atoms with E-state index >= 15 is 0 Å². The molecule has 25 heavy (non-hydrogen) atoms. The molecule has 1 N–H and O–H groups in total. The molecule has 3 heterocycles. The molecule has 130 valence electrons. The van der Waals surface area contributed by atoms with Crippen molar-refractivity contribution in [2.45, 2.75) is 39.0 Å². The van der Waals surface area contributed by atoms with Gasteiger partial charge in [-0.05, 0) is 26.3 Å². The fourth-order valence-electron chi connectivity index (χ4n) is 3.53. The van der Waals surface area contributed by atoms with Crippen molar-refractivity contribution in [3.8, 4) is 0 Å². The molecule has 1 aliphatic rings. The number of nitrogens with one attached hydrogen (secondary N) is 1. The third-order valence-electron chi connectivity index (χ3n) is 4.80. The van der Waals surface area contributed by atoms with E-state index < -0.39 is 0 Å². The molecule has 1 fully saturated rings. The van der Waals surface area contributed by atoms with Gasteiger partial charge in [0.25, 0.3) is 0 Å². The molecule has 1 aromatic carbocycles. The molecule has 0 bridgehead atoms. The quantitative estimate of drug-likeness (QED) is 0.786. The van der Waals surface area contributed by atoms with Crippen LogP contribution in [0.15, 0.2) is 24.3 Å². The minimum Gasteiger partial charge on any atom is -0.380 e. The Kier molecular flexibility index (Phi) is 4.19. The molecule has 0 aliphatic carbocycles. The Labute approximate surface area is 146 Å². The highest BCUT2D eigenvalue weighted by Gasteiger charge is 2.36. The Morgan fingerprint density at radius 3 is 2.80 bits per heavy atom. The summed E-state index contributed by atoms with van der Waals surface area (Å²) in [4.78, 5) is 16.3. The van der Waals surface area contributed by atoms with E-state index in [1.54, 1.807) is 7.11 Å². The molecule has 3 aromatic rings. The van der Waals surface area contributed by atoms with Crippen molar-refractivity contribution < 1.29 is 4.74 Å². The SMILES string of the molecule is CO[C@@H]1C[C@@H](c2n[nH]c(C)n2)N(Cc2nc(C)c3ccccc3n2)C1. The first-order chi connectivity index (χ1) is 12.1. The van der Waals surface area contributed by atoms with Gasteiger partial charge in [0.05, 0.1) is 24.2 Å². The number of hydrogen-bond acceptors (Lipinski definition) is 6. The first-order valence-electron chi connectivity index (χ1n) is 8.52. The maximum atomic E-state index is 5.58. The highest BCUT2D eigenvalue weighted by molar-refractivity contribution is 5.80. The molecule has 4 rings (SSSR count). The molecule has 0 unspecified atom stereocenters. The Morgan fingerprint density at radius 1 is 1.20 bits per heavy atom. The van der Waals surface area contributed by atoms with E-state index in [4.69, 9.17) is 14.7 Å². The normalized spacial score (nSPS) is 21.2. The van der Waals surface area contributed by atoms with E-state index in [0.717, 1.165) is 47.0 Å². The van der Waals surface area contributed by atoms with Crippen molar-refractivity contribution in [2.75, 3.05) is 13.7 Å². The third-order valence-corrected chi connectivity index (χ3v) is 4.80. The first kappa shape index (κ1) is 16.1. The fourth-order valence-corrected chi connectivity index (χ4v) is 3.53. The lowest BCUT2D eigenvalue weighted by Gasteiger charge is -2.21. The Balaban J connectivity index is 1.63. The predicted octanol–water partition coefficient (Wildman–Crippen LogP) is 2.33. The largest absolute Gasteiger partial charge is 0.380 e. The van der Waals surface area contributed by atoms with Gasteiger partial charge in [0, 0.05) is 24.7 Å². The summed E-state index contributed by atoms with van der Waals surface area (Å²) in [6.45, 7) is 5.43. The van der Waals surface area contributed by atoms with E-state index in [2.05, 4.69) is 26.1 Å². The number of benzene rings is 1. The summed E-state index contributed by atoms with van der Waals surface area (Å²) in [6, 6.07) is 8.24. The monoisotopic (exact) mass is 338 g/mol. The molecule has 0 amide bonds. The minimum absolute atomic E-state index is 0.116. The van der Waals surface area contributed by atoms with Crippen LogP contribution in [0.25, 0.3) is 10.9 Å². The van der Waals surface area contributed by atoms with Gasteiger partial charge in [-0.3, -0.25) is 10.00 Å². The van der Waals surface area contributed by atoms with Crippen molar-refractivity contribution in [3.05, 3.63) is 47.4 Å². The molecule has 7 heteroatoms. The number of para-hydroxylation sites is 1. The van der Waals surface area contributed by atoms with Gasteiger partial charge in [0.2, 0.25) is 0 Å². The van der Waals surface area contributed by atoms with Crippen LogP contribution in [0.3, 0.4) is 0 Å². The number of aromatic nitrogens is 5. The van der Waals surface area contributed by atoms with Gasteiger partial charge in [-0.25, -0.2) is 15.0 Å². The van der Waals surface area contributed by atoms with Crippen molar-refractivity contribution in [1.29, 1.82) is 0 Å². The standard InChI is InChI=1S/C18H22N6O/c1-11-14-6-4-5-7-15(14)21-17(19-11)10-24-9-13(25-3)8-16(24)18-20-12(2)22-23-18/h4-7,13,16H,8-10H2,1-3H3,(H,20,22,23)/t13-,16+/m1/s1. The predicted molar refractivity (Wildman–Crippen MR) is 94.0 cm³/mol. The minimum atomic E-state index is 0.116. The van der Waals surface area contributed by atoms with Gasteiger partial charge < -0.3 is 4.74 Å². The zero-order valence-electron chi connectivity index (χ0n) is 14.7. The summed E-state index contributed by atoms with van der Waals surface area (Å²) in [5, 5.41) is 8.39. The van der Waals surface area contributed by atoms with Crippen LogP contribution in [0.1, 0.15) is 35.6 Å². The molecular weight excluding hydrogens is 316 g/mol. The van der Waals surface area contributed by atoms with Crippen LogP contribution in [-0.4, -0.2) is 49.8 Å². The van der Waals surface area contributed by atoms with Crippen LogP contribution in [0, 0.1) is 13.8 Å². The Hall–Kier alpha value is -2.38. The maximum Gasteiger partial charge on any atom is 0.167 e. The highest BCUT2D eigenvalue weighted by Crippen LogP contribution is 2.32. The van der Waals surface area contributed by atoms with E-state index in [1.807, 2.05) is 32.0 Å². The average Bonchev–Trinajstić information content (AvgIpc) is 3.21. The number of fused-ring (bicyclic) bond motifs is 1. The van der Waals surface area contributed by atoms with Gasteiger partial charge in [0.1, 0.15) is 11.6 Å². The van der Waals surface area contributed by atoms with Crippen LogP contribution < -0.4 is 0 Å². The van der Waals surface area contributed by atoms with Crippen molar-refractivity contribution in [3.63, 3.8) is 0 Å². The summed E-state index contributed by atoms with van der Waals surface area (Å²) in [5.74, 6) is 2.47. The second-order valence-electron chi connectivity index (χ2n) is 6.56. The zero-order chi connectivity index (χ0) is 17.4. The molecule has 0 radical (unpaired) electrons. The number of rotatable bonds is 4. The molecule has 7 nitrogen and oxygen atoms in total. The van der Waals surface area contributed by atoms with Gasteiger partial charge in [0.15, 0.2) is 5.82 Å². The lowest BCUT2D eigenvalue weighted by Crippen LogP contribution is -2.26. The summed E-state index contributed by atoms with van der Waals surface area (Å²) in [5.41, 5.74) is 1.99. The lowest BCUT2D eigenvalue weighted by atomic mass is 10.2. The summed E-state index contributed by atoms with van der Waals surface area (Å²) < 4.78 is 5.58. The summed E-state index contributed by atoms with van der Waals surface area (Å²) in [6.07, 6.45) is 1.05. The molecular formula is C18H22N6O. The molecule has 1 aliphatic heterocycles. The molecule has 0 saturated carbocycles. The lowest BCUT2D eigenvalue weighted by molar-refractivity contribution is 0.107. The maximum absolute atomic E-state index is 5.58. The third kappa shape index (κ3) is 3.12. The summed E-state index contributed by atoms with van der Waals surface area (Å²) in [7, 11) is 1.76. The average molecular weight is 338 g/mol. The molecule has 1 saturated heterocycles. The number of aromatic amines is 1. The van der Waals surface area contributed by atoms with Crippen LogP contribution in [0.2, 0.25) is 0 Å². The van der Waals surface area contributed by atoms with Crippen LogP contribution in [0.4, 0.5) is 0 Å². The molecule has 0 spiro atoms. The number of aryl methyl sites for hydroxylation is 2. The van der Waals surface area contributed by atoms with E-state index in [9.17, 15) is 0 Å². The number of H-pyrrole nitrogens is 1. The highest BCUT2D eigenvalue weighted by atomic mass is 16.5. The van der Waals surface area contributed by atoms with Crippen molar-refractivity contribution >= 4 is 10.9 Å². The smallest absolute Gasteiger partial charge is 0.167 e. The van der Waals surface area contributed by atoms with Crippen LogP contribution in [-0.2, 0) is 11.3 Å². The molecule has 2 aromatic heterocycles. The second kappa shape index (κ2) is 6.50. The van der Waals surface area contributed by atoms with Crippen molar-refractivity contribution in [1.82, 2.24) is 30.0 Å². The van der Waals surface area contributed by atoms with E-state index in [1.165, 1.54) is 0 Å². The van der Waals surface area contributed by atoms with Crippen LogP contribution >= 0.6 is 0 Å². The first-order valence-corrected chi connectivity index (χ1v) is 8.52. The Morgan fingerprint density at radius 2 is 2.04 bits per heavy atom. The Bertz CT molecular complexity index is 892. The van der Waals surface area contributed by atoms with E-state index in [0.29, 0.717) is 6.54 Å². The van der Waals surface area contributed by atoms with Gasteiger partial charge in [-0.1, -0.05) is 18.2 Å². The van der Waals surface area contributed by atoms with E-state index in [-0.39, 0.29) is 12.1 Å². The van der Waals surface area contributed by atoms with Gasteiger partial charge in [-0.2, -0.15) is 5.10 Å². The second-order valence-corrected chi connectivity index (χ2v) is 6.56. The summed E-state index contributed by atoms with van der Waals surface area (Å²) >= 11 is 0. The number of methoxy groups -OCH3 is 1. The van der Waals surface area contributed by atoms with Gasteiger partial charge >= 0.3 is 0 Å².